The molecule has 0 saturated heterocycles. The van der Waals surface area contributed by atoms with Crippen molar-refractivity contribution in [3.8, 4) is 5.75 Å². The van der Waals surface area contributed by atoms with E-state index in [2.05, 4.69) is 0 Å². The van der Waals surface area contributed by atoms with E-state index in [9.17, 15) is 13.6 Å². The fourth-order valence-corrected chi connectivity index (χ4v) is 2.02. The largest absolute Gasteiger partial charge is 0.486 e. The number of aliphatic hydroxyl groups excluding tert-OH is 1. The minimum absolute atomic E-state index is 0.0117. The van der Waals surface area contributed by atoms with Crippen molar-refractivity contribution >= 4 is 0 Å². The van der Waals surface area contributed by atoms with Crippen LogP contribution in [0.2, 0.25) is 0 Å². The van der Waals surface area contributed by atoms with Gasteiger partial charge in [0.05, 0.1) is 6.61 Å². The average Bonchev–Trinajstić information content (AvgIpc) is 2.67. The molecule has 0 aromatic carbocycles. The summed E-state index contributed by atoms with van der Waals surface area (Å²) in [7, 11) is 0. The zero-order valence-electron chi connectivity index (χ0n) is 9.70. The van der Waals surface area contributed by atoms with Crippen molar-refractivity contribution in [2.75, 3.05) is 6.61 Å². The monoisotopic (exact) mass is 260 g/mol. The molecule has 1 heterocycles. The lowest BCUT2D eigenvalue weighted by Gasteiger charge is -2.11. The number of rotatable bonds is 4. The van der Waals surface area contributed by atoms with E-state index in [0.29, 0.717) is 6.42 Å². The molecule has 1 N–H and O–H groups in total. The second-order valence-electron chi connectivity index (χ2n) is 4.51. The Morgan fingerprint density at radius 2 is 2.33 bits per heavy atom. The Kier molecular flexibility index (Phi) is 3.65. The van der Waals surface area contributed by atoms with E-state index < -0.39 is 11.4 Å². The van der Waals surface area contributed by atoms with Crippen LogP contribution in [-0.4, -0.2) is 17.6 Å². The highest BCUT2D eigenvalue weighted by atomic mass is 19.3. The van der Waals surface area contributed by atoms with Crippen LogP contribution in [0, 0.1) is 5.92 Å². The molecule has 1 aromatic rings. The molecule has 0 amide bonds. The van der Waals surface area contributed by atoms with Gasteiger partial charge in [-0.15, -0.1) is 0 Å². The third-order valence-electron chi connectivity index (χ3n) is 2.99. The van der Waals surface area contributed by atoms with Crippen LogP contribution in [0.4, 0.5) is 8.78 Å². The summed E-state index contributed by atoms with van der Waals surface area (Å²) in [6, 6.07) is 1.12. The van der Waals surface area contributed by atoms with E-state index in [0.717, 1.165) is 12.3 Å². The van der Waals surface area contributed by atoms with Crippen molar-refractivity contribution in [1.29, 1.82) is 0 Å². The van der Waals surface area contributed by atoms with Gasteiger partial charge in [-0.05, 0) is 12.3 Å². The molecular formula is C12H14F2O4. The minimum Gasteiger partial charge on any atom is -0.486 e. The first kappa shape index (κ1) is 13.0. The molecule has 1 atom stereocenters. The van der Waals surface area contributed by atoms with Gasteiger partial charge in [0.2, 0.25) is 17.1 Å². The van der Waals surface area contributed by atoms with E-state index in [1.165, 1.54) is 0 Å². The molecule has 6 heteroatoms. The Morgan fingerprint density at radius 3 is 2.89 bits per heavy atom. The van der Waals surface area contributed by atoms with Gasteiger partial charge in [-0.2, -0.15) is 0 Å². The van der Waals surface area contributed by atoms with E-state index in [4.69, 9.17) is 14.3 Å². The summed E-state index contributed by atoms with van der Waals surface area (Å²) in [4.78, 5) is 11.5. The van der Waals surface area contributed by atoms with Gasteiger partial charge in [-0.3, -0.25) is 4.79 Å². The maximum Gasteiger partial charge on any atom is 0.248 e. The van der Waals surface area contributed by atoms with Gasteiger partial charge in [0.15, 0.2) is 0 Å². The summed E-state index contributed by atoms with van der Waals surface area (Å²) in [5.41, 5.74) is -0.421. The minimum atomic E-state index is -2.61. The van der Waals surface area contributed by atoms with Crippen molar-refractivity contribution < 1.29 is 23.0 Å². The van der Waals surface area contributed by atoms with E-state index in [1.54, 1.807) is 0 Å². The topological polar surface area (TPSA) is 59.7 Å². The predicted molar refractivity (Wildman–Crippen MR) is 58.7 cm³/mol. The number of ether oxygens (including phenoxy) is 1. The zero-order valence-corrected chi connectivity index (χ0v) is 9.70. The number of alkyl halides is 2. The highest BCUT2D eigenvalue weighted by Crippen LogP contribution is 2.38. The van der Waals surface area contributed by atoms with E-state index >= 15 is 0 Å². The second kappa shape index (κ2) is 5.06. The number of aliphatic hydroxyl groups is 1. The van der Waals surface area contributed by atoms with E-state index in [1.807, 2.05) is 0 Å². The van der Waals surface area contributed by atoms with Gasteiger partial charge in [-0.25, -0.2) is 8.78 Å². The van der Waals surface area contributed by atoms with Crippen LogP contribution < -0.4 is 10.2 Å². The molecule has 1 aliphatic rings. The molecule has 0 bridgehead atoms. The highest BCUT2D eigenvalue weighted by Gasteiger charge is 2.39. The third kappa shape index (κ3) is 3.07. The molecule has 1 saturated carbocycles. The Hall–Kier alpha value is -1.43. The van der Waals surface area contributed by atoms with Crippen LogP contribution in [0.5, 0.6) is 5.75 Å². The molecule has 1 unspecified atom stereocenters. The van der Waals surface area contributed by atoms with Gasteiger partial charge >= 0.3 is 0 Å². The molecule has 18 heavy (non-hydrogen) atoms. The van der Waals surface area contributed by atoms with Crippen molar-refractivity contribution in [2.45, 2.75) is 31.8 Å². The lowest BCUT2D eigenvalue weighted by molar-refractivity contribution is 0.00286. The molecular weight excluding hydrogens is 246 g/mol. The van der Waals surface area contributed by atoms with Crippen molar-refractivity contribution in [2.24, 2.45) is 5.92 Å². The summed E-state index contributed by atoms with van der Waals surface area (Å²) < 4.78 is 36.0. The maximum atomic E-state index is 12.9. The van der Waals surface area contributed by atoms with Gasteiger partial charge in [-0.1, -0.05) is 0 Å². The highest BCUT2D eigenvalue weighted by molar-refractivity contribution is 5.17. The van der Waals surface area contributed by atoms with Crippen LogP contribution in [-0.2, 0) is 6.61 Å². The van der Waals surface area contributed by atoms with Gasteiger partial charge < -0.3 is 14.3 Å². The van der Waals surface area contributed by atoms with Gasteiger partial charge in [0, 0.05) is 18.9 Å². The summed E-state index contributed by atoms with van der Waals surface area (Å²) in [5.74, 6) is -2.72. The van der Waals surface area contributed by atoms with Gasteiger partial charge in [0.1, 0.15) is 18.6 Å². The second-order valence-corrected chi connectivity index (χ2v) is 4.51. The third-order valence-corrected chi connectivity index (χ3v) is 2.99. The molecule has 2 rings (SSSR count). The van der Waals surface area contributed by atoms with Crippen LogP contribution in [0.3, 0.4) is 0 Å². The molecule has 1 aromatic heterocycles. The summed E-state index contributed by atoms with van der Waals surface area (Å²) in [5, 5.41) is 8.76. The van der Waals surface area contributed by atoms with Crippen LogP contribution >= 0.6 is 0 Å². The zero-order chi connectivity index (χ0) is 13.2. The van der Waals surface area contributed by atoms with Crippen LogP contribution in [0.25, 0.3) is 0 Å². The molecule has 0 spiro atoms. The summed E-state index contributed by atoms with van der Waals surface area (Å²) in [6.45, 7) is -0.289. The number of hydrogen-bond donors (Lipinski definition) is 1. The first-order valence-corrected chi connectivity index (χ1v) is 5.73. The molecule has 0 radical (unpaired) electrons. The van der Waals surface area contributed by atoms with Crippen LogP contribution in [0.15, 0.2) is 21.5 Å². The number of halogens is 2. The number of hydrogen-bond acceptors (Lipinski definition) is 4. The smallest absolute Gasteiger partial charge is 0.248 e. The molecule has 1 aliphatic carbocycles. The Labute approximate surface area is 102 Å². The predicted octanol–water partition coefficient (Wildman–Crippen LogP) is 1.95. The SMILES string of the molecule is O=c1cc(CO)occ1OCC1CCC(F)(F)C1. The summed E-state index contributed by atoms with van der Waals surface area (Å²) in [6.07, 6.45) is 1.17. The molecule has 0 aliphatic heterocycles. The average molecular weight is 260 g/mol. The molecule has 100 valence electrons. The first-order valence-electron chi connectivity index (χ1n) is 5.73. The first-order chi connectivity index (χ1) is 8.50. The normalized spacial score (nSPS) is 22.1. The Morgan fingerprint density at radius 1 is 1.56 bits per heavy atom. The lowest BCUT2D eigenvalue weighted by Crippen LogP contribution is -2.16. The maximum absolute atomic E-state index is 12.9. The van der Waals surface area contributed by atoms with Crippen LogP contribution in [0.1, 0.15) is 25.0 Å². The molecule has 1 fully saturated rings. The van der Waals surface area contributed by atoms with Gasteiger partial charge in [0.25, 0.3) is 0 Å². The van der Waals surface area contributed by atoms with Crippen molar-refractivity contribution in [1.82, 2.24) is 0 Å². The fraction of sp³-hybridized carbons (Fsp3) is 0.583. The standard InChI is InChI=1S/C12H14F2O4/c13-12(14)2-1-8(4-12)6-18-11-7-17-9(5-15)3-10(11)16/h3,7-8,15H,1-2,4-6H2. The Bertz CT molecular complexity index is 469. The lowest BCUT2D eigenvalue weighted by atomic mass is 10.1. The van der Waals surface area contributed by atoms with Crippen molar-refractivity contribution in [3.05, 3.63) is 28.3 Å². The quantitative estimate of drug-likeness (QED) is 0.898. The fourth-order valence-electron chi connectivity index (χ4n) is 2.02. The van der Waals surface area contributed by atoms with Crippen molar-refractivity contribution in [3.63, 3.8) is 0 Å². The molecule has 4 nitrogen and oxygen atoms in total. The summed E-state index contributed by atoms with van der Waals surface area (Å²) >= 11 is 0. The van der Waals surface area contributed by atoms with E-state index in [-0.39, 0.29) is 43.5 Å². The Balaban J connectivity index is 1.93.